The molecular formula is C17H16FN3O3S. The molecule has 25 heavy (non-hydrogen) atoms. The standard InChI is InChI=1S/C17H16FN3O3S/c1-11-3-5-13(6-4-11)16-19-17(24-20-16)12(2)21-25(22,23)15-9-7-14(18)8-10-15/h3-10,12,21H,1-2H3/t12-/m0/s1. The Morgan fingerprint density at radius 2 is 1.72 bits per heavy atom. The van der Waals surface area contributed by atoms with Gasteiger partial charge in [-0.05, 0) is 38.1 Å². The van der Waals surface area contributed by atoms with E-state index in [1.807, 2.05) is 31.2 Å². The lowest BCUT2D eigenvalue weighted by molar-refractivity contribution is 0.354. The zero-order valence-corrected chi connectivity index (χ0v) is 14.4. The van der Waals surface area contributed by atoms with Crippen molar-refractivity contribution in [2.24, 2.45) is 0 Å². The molecule has 3 aromatic rings. The Morgan fingerprint density at radius 1 is 1.08 bits per heavy atom. The van der Waals surface area contributed by atoms with Crippen LogP contribution in [0.4, 0.5) is 4.39 Å². The number of rotatable bonds is 5. The van der Waals surface area contributed by atoms with Gasteiger partial charge in [-0.15, -0.1) is 0 Å². The molecule has 6 nitrogen and oxygen atoms in total. The number of hydrogen-bond acceptors (Lipinski definition) is 5. The Kier molecular flexibility index (Phi) is 4.65. The van der Waals surface area contributed by atoms with Crippen molar-refractivity contribution in [3.63, 3.8) is 0 Å². The first-order valence-corrected chi connectivity index (χ1v) is 9.02. The van der Waals surface area contributed by atoms with Crippen LogP contribution in [0.15, 0.2) is 57.9 Å². The maximum absolute atomic E-state index is 12.9. The third-order valence-corrected chi connectivity index (χ3v) is 5.13. The van der Waals surface area contributed by atoms with Gasteiger partial charge in [0.2, 0.25) is 21.7 Å². The maximum atomic E-state index is 12.9. The first kappa shape index (κ1) is 17.2. The minimum atomic E-state index is -3.83. The molecule has 1 heterocycles. The van der Waals surface area contributed by atoms with Crippen molar-refractivity contribution in [2.45, 2.75) is 24.8 Å². The number of halogens is 1. The topological polar surface area (TPSA) is 85.1 Å². The summed E-state index contributed by atoms with van der Waals surface area (Å²) in [6.45, 7) is 3.56. The van der Waals surface area contributed by atoms with E-state index < -0.39 is 21.9 Å². The van der Waals surface area contributed by atoms with Crippen LogP contribution >= 0.6 is 0 Å². The second kappa shape index (κ2) is 6.73. The second-order valence-electron chi connectivity index (χ2n) is 5.62. The van der Waals surface area contributed by atoms with E-state index in [4.69, 9.17) is 4.52 Å². The molecule has 3 rings (SSSR count). The largest absolute Gasteiger partial charge is 0.337 e. The summed E-state index contributed by atoms with van der Waals surface area (Å²) in [7, 11) is -3.83. The van der Waals surface area contributed by atoms with E-state index in [0.717, 1.165) is 23.3 Å². The zero-order valence-electron chi connectivity index (χ0n) is 13.6. The molecule has 8 heteroatoms. The van der Waals surface area contributed by atoms with Crippen molar-refractivity contribution < 1.29 is 17.3 Å². The fraction of sp³-hybridized carbons (Fsp3) is 0.176. The van der Waals surface area contributed by atoms with Crippen molar-refractivity contribution in [2.75, 3.05) is 0 Å². The Hall–Kier alpha value is -2.58. The summed E-state index contributed by atoms with van der Waals surface area (Å²) in [5, 5.41) is 3.88. The lowest BCUT2D eigenvalue weighted by atomic mass is 10.1. The van der Waals surface area contributed by atoms with E-state index >= 15 is 0 Å². The van der Waals surface area contributed by atoms with Crippen LogP contribution in [0.1, 0.15) is 24.4 Å². The van der Waals surface area contributed by atoms with Gasteiger partial charge in [0.05, 0.1) is 10.9 Å². The van der Waals surface area contributed by atoms with Crippen molar-refractivity contribution >= 4 is 10.0 Å². The first-order chi connectivity index (χ1) is 11.8. The highest BCUT2D eigenvalue weighted by Gasteiger charge is 2.22. The molecule has 0 aliphatic heterocycles. The molecule has 0 saturated carbocycles. The molecule has 0 unspecified atom stereocenters. The third kappa shape index (κ3) is 3.92. The van der Waals surface area contributed by atoms with Gasteiger partial charge in [0, 0.05) is 5.56 Å². The molecule has 0 aliphatic carbocycles. The van der Waals surface area contributed by atoms with Gasteiger partial charge >= 0.3 is 0 Å². The average Bonchev–Trinajstić information content (AvgIpc) is 3.06. The molecule has 1 aromatic heterocycles. The summed E-state index contributed by atoms with van der Waals surface area (Å²) in [6, 6.07) is 11.4. The first-order valence-electron chi connectivity index (χ1n) is 7.54. The molecule has 0 amide bonds. The number of sulfonamides is 1. The van der Waals surface area contributed by atoms with Crippen molar-refractivity contribution in [1.82, 2.24) is 14.9 Å². The molecule has 0 aliphatic rings. The smallest absolute Gasteiger partial charge is 0.244 e. The van der Waals surface area contributed by atoms with Crippen LogP contribution in [0.25, 0.3) is 11.4 Å². The summed E-state index contributed by atoms with van der Waals surface area (Å²) >= 11 is 0. The number of nitrogens with zero attached hydrogens (tertiary/aromatic N) is 2. The van der Waals surface area contributed by atoms with Crippen LogP contribution in [-0.2, 0) is 10.0 Å². The molecule has 1 N–H and O–H groups in total. The highest BCUT2D eigenvalue weighted by molar-refractivity contribution is 7.89. The van der Waals surface area contributed by atoms with Crippen LogP contribution < -0.4 is 4.72 Å². The van der Waals surface area contributed by atoms with Gasteiger partial charge in [0.15, 0.2) is 0 Å². The minimum absolute atomic E-state index is 0.0426. The molecule has 2 aromatic carbocycles. The monoisotopic (exact) mass is 361 g/mol. The summed E-state index contributed by atoms with van der Waals surface area (Å²) in [6.07, 6.45) is 0. The van der Waals surface area contributed by atoms with E-state index in [1.165, 1.54) is 12.1 Å². The van der Waals surface area contributed by atoms with Gasteiger partial charge in [-0.25, -0.2) is 12.8 Å². The van der Waals surface area contributed by atoms with E-state index in [-0.39, 0.29) is 10.8 Å². The normalized spacial score (nSPS) is 12.9. The number of hydrogen-bond donors (Lipinski definition) is 1. The number of nitrogens with one attached hydrogen (secondary N) is 1. The highest BCUT2D eigenvalue weighted by Crippen LogP contribution is 2.20. The van der Waals surface area contributed by atoms with Crippen molar-refractivity contribution in [3.8, 4) is 11.4 Å². The van der Waals surface area contributed by atoms with E-state index in [2.05, 4.69) is 14.9 Å². The number of benzene rings is 2. The summed E-state index contributed by atoms with van der Waals surface area (Å²) < 4.78 is 45.2. The second-order valence-corrected chi connectivity index (χ2v) is 7.33. The van der Waals surface area contributed by atoms with Crippen molar-refractivity contribution in [3.05, 3.63) is 65.8 Å². The molecule has 130 valence electrons. The molecule has 0 fully saturated rings. The number of aryl methyl sites for hydroxylation is 1. The van der Waals surface area contributed by atoms with Gasteiger partial charge < -0.3 is 4.52 Å². The molecule has 0 saturated heterocycles. The predicted molar refractivity (Wildman–Crippen MR) is 89.6 cm³/mol. The van der Waals surface area contributed by atoms with Gasteiger partial charge in [0.25, 0.3) is 0 Å². The van der Waals surface area contributed by atoms with Crippen LogP contribution in [-0.4, -0.2) is 18.6 Å². The molecule has 0 spiro atoms. The third-order valence-electron chi connectivity index (χ3n) is 3.58. The van der Waals surface area contributed by atoms with E-state index in [9.17, 15) is 12.8 Å². The fourth-order valence-electron chi connectivity index (χ4n) is 2.20. The fourth-order valence-corrected chi connectivity index (χ4v) is 3.39. The van der Waals surface area contributed by atoms with Crippen LogP contribution in [0.2, 0.25) is 0 Å². The average molecular weight is 361 g/mol. The lowest BCUT2D eigenvalue weighted by Crippen LogP contribution is -2.27. The predicted octanol–water partition coefficient (Wildman–Crippen LogP) is 3.22. The highest BCUT2D eigenvalue weighted by atomic mass is 32.2. The Bertz CT molecular complexity index is 967. The van der Waals surface area contributed by atoms with Gasteiger partial charge in [-0.2, -0.15) is 9.71 Å². The van der Waals surface area contributed by atoms with Gasteiger partial charge in [-0.3, -0.25) is 0 Å². The quantitative estimate of drug-likeness (QED) is 0.754. The molecule has 0 radical (unpaired) electrons. The summed E-state index contributed by atoms with van der Waals surface area (Å²) in [5.74, 6) is 0.00994. The number of aromatic nitrogens is 2. The lowest BCUT2D eigenvalue weighted by Gasteiger charge is -2.10. The van der Waals surface area contributed by atoms with Crippen LogP contribution in [0.5, 0.6) is 0 Å². The summed E-state index contributed by atoms with van der Waals surface area (Å²) in [4.78, 5) is 4.19. The van der Waals surface area contributed by atoms with Crippen molar-refractivity contribution in [1.29, 1.82) is 0 Å². The molecule has 0 bridgehead atoms. The Balaban J connectivity index is 1.78. The molecular weight excluding hydrogens is 345 g/mol. The van der Waals surface area contributed by atoms with E-state index in [0.29, 0.717) is 5.82 Å². The SMILES string of the molecule is Cc1ccc(-c2noc([C@H](C)NS(=O)(=O)c3ccc(F)cc3)n2)cc1. The molecule has 1 atom stereocenters. The Morgan fingerprint density at radius 3 is 2.36 bits per heavy atom. The van der Waals surface area contributed by atoms with E-state index in [1.54, 1.807) is 6.92 Å². The van der Waals surface area contributed by atoms with Crippen LogP contribution in [0.3, 0.4) is 0 Å². The summed E-state index contributed by atoms with van der Waals surface area (Å²) in [5.41, 5.74) is 1.88. The van der Waals surface area contributed by atoms with Crippen LogP contribution in [0, 0.1) is 12.7 Å². The Labute approximate surface area is 144 Å². The van der Waals surface area contributed by atoms with Gasteiger partial charge in [0.1, 0.15) is 5.82 Å². The maximum Gasteiger partial charge on any atom is 0.244 e. The van der Waals surface area contributed by atoms with Gasteiger partial charge in [-0.1, -0.05) is 35.0 Å². The minimum Gasteiger partial charge on any atom is -0.337 e. The zero-order chi connectivity index (χ0) is 18.0.